The summed E-state index contributed by atoms with van der Waals surface area (Å²) in [4.78, 5) is 24.3. The smallest absolute Gasteiger partial charge is 0.308 e. The van der Waals surface area contributed by atoms with E-state index in [1.54, 1.807) is 16.2 Å². The number of thiophene rings is 1. The van der Waals surface area contributed by atoms with E-state index in [0.717, 1.165) is 4.21 Å². The van der Waals surface area contributed by atoms with Crippen molar-refractivity contribution in [1.82, 2.24) is 4.90 Å². The Morgan fingerprint density at radius 2 is 2.41 bits per heavy atom. The lowest BCUT2D eigenvalue weighted by molar-refractivity contribution is -0.141. The molecule has 1 unspecified atom stereocenters. The molecular weight excluding hydrogens is 258 g/mol. The zero-order chi connectivity index (χ0) is 12.3. The molecule has 17 heavy (non-hydrogen) atoms. The summed E-state index contributed by atoms with van der Waals surface area (Å²) in [7, 11) is 0. The van der Waals surface area contributed by atoms with Crippen molar-refractivity contribution in [3.8, 4) is 0 Å². The minimum Gasteiger partial charge on any atom is -0.481 e. The number of thioether (sulfide) groups is 1. The summed E-state index contributed by atoms with van der Waals surface area (Å²) in [6.07, 6.45) is 0.574. The second-order valence-corrected chi connectivity index (χ2v) is 6.11. The van der Waals surface area contributed by atoms with Crippen molar-refractivity contribution >= 4 is 35.0 Å². The van der Waals surface area contributed by atoms with Gasteiger partial charge in [-0.3, -0.25) is 9.59 Å². The third kappa shape index (κ3) is 3.23. The van der Waals surface area contributed by atoms with Gasteiger partial charge in [-0.1, -0.05) is 6.07 Å². The molecule has 0 spiro atoms. The Kier molecular flexibility index (Phi) is 4.06. The zero-order valence-electron chi connectivity index (χ0n) is 9.17. The molecule has 1 aliphatic rings. The van der Waals surface area contributed by atoms with Crippen molar-refractivity contribution < 1.29 is 14.7 Å². The Hall–Kier alpha value is -1.01. The van der Waals surface area contributed by atoms with Crippen molar-refractivity contribution in [2.75, 3.05) is 18.8 Å². The third-order valence-corrected chi connectivity index (χ3v) is 4.84. The summed E-state index contributed by atoms with van der Waals surface area (Å²) in [6, 6.07) is 3.93. The predicted molar refractivity (Wildman–Crippen MR) is 67.4 cm³/mol. The number of carboxylic acids is 1. The number of aliphatic carboxylic acids is 1. The summed E-state index contributed by atoms with van der Waals surface area (Å²) in [5.74, 6) is -0.753. The van der Waals surface area contributed by atoms with E-state index in [2.05, 4.69) is 0 Å². The summed E-state index contributed by atoms with van der Waals surface area (Å²) in [6.45, 7) is 0.931. The fourth-order valence-corrected chi connectivity index (χ4v) is 3.45. The van der Waals surface area contributed by atoms with Crippen LogP contribution in [0.15, 0.2) is 21.7 Å². The number of carbonyl (C=O) groups is 2. The Morgan fingerprint density at radius 1 is 1.59 bits per heavy atom. The van der Waals surface area contributed by atoms with Crippen molar-refractivity contribution in [2.24, 2.45) is 5.92 Å². The van der Waals surface area contributed by atoms with Gasteiger partial charge in [0.2, 0.25) is 5.91 Å². The fraction of sp³-hybridized carbons (Fsp3) is 0.455. The zero-order valence-corrected chi connectivity index (χ0v) is 10.8. The first-order valence-corrected chi connectivity index (χ1v) is 7.20. The van der Waals surface area contributed by atoms with Gasteiger partial charge in [0.15, 0.2) is 0 Å². The van der Waals surface area contributed by atoms with Gasteiger partial charge in [0.1, 0.15) is 0 Å². The number of hydrogen-bond acceptors (Lipinski definition) is 4. The van der Waals surface area contributed by atoms with Crippen LogP contribution < -0.4 is 0 Å². The van der Waals surface area contributed by atoms with Crippen LogP contribution in [0.1, 0.15) is 6.42 Å². The van der Waals surface area contributed by atoms with Crippen LogP contribution in [0, 0.1) is 5.92 Å². The number of carbonyl (C=O) groups excluding carboxylic acids is 1. The molecule has 0 radical (unpaired) electrons. The molecule has 1 N–H and O–H groups in total. The lowest BCUT2D eigenvalue weighted by Gasteiger charge is -2.14. The summed E-state index contributed by atoms with van der Waals surface area (Å²) in [5.41, 5.74) is 0. The Balaban J connectivity index is 1.79. The lowest BCUT2D eigenvalue weighted by atomic mass is 10.1. The SMILES string of the molecule is O=C(O)C1CCN(C(=O)CSc2cccs2)C1. The van der Waals surface area contributed by atoms with Gasteiger partial charge in [-0.25, -0.2) is 0 Å². The van der Waals surface area contributed by atoms with Crippen LogP contribution in [0.2, 0.25) is 0 Å². The largest absolute Gasteiger partial charge is 0.481 e. The summed E-state index contributed by atoms with van der Waals surface area (Å²) >= 11 is 3.12. The molecular formula is C11H13NO3S2. The first kappa shape index (κ1) is 12.4. The van der Waals surface area contributed by atoms with Gasteiger partial charge in [-0.2, -0.15) is 0 Å². The standard InChI is InChI=1S/C11H13NO3S2/c13-9(7-17-10-2-1-5-16-10)12-4-3-8(6-12)11(14)15/h1-2,5,8H,3-4,6-7H2,(H,14,15). The van der Waals surface area contributed by atoms with Gasteiger partial charge in [0.05, 0.1) is 15.9 Å². The molecule has 2 heterocycles. The Labute approximate surface area is 108 Å². The molecule has 6 heteroatoms. The van der Waals surface area contributed by atoms with Crippen molar-refractivity contribution in [3.63, 3.8) is 0 Å². The molecule has 1 saturated heterocycles. The van der Waals surface area contributed by atoms with Crippen LogP contribution in [0.3, 0.4) is 0 Å². The molecule has 2 rings (SSSR count). The van der Waals surface area contributed by atoms with Gasteiger partial charge in [0.25, 0.3) is 0 Å². The number of rotatable bonds is 4. The van der Waals surface area contributed by atoms with E-state index in [1.165, 1.54) is 11.8 Å². The lowest BCUT2D eigenvalue weighted by Crippen LogP contribution is -2.31. The van der Waals surface area contributed by atoms with Gasteiger partial charge < -0.3 is 10.0 Å². The second kappa shape index (κ2) is 5.55. The molecule has 4 nitrogen and oxygen atoms in total. The van der Waals surface area contributed by atoms with Crippen LogP contribution in [-0.2, 0) is 9.59 Å². The van der Waals surface area contributed by atoms with Crippen LogP contribution in [-0.4, -0.2) is 40.7 Å². The number of carboxylic acid groups (broad SMARTS) is 1. The molecule has 0 bridgehead atoms. The monoisotopic (exact) mass is 271 g/mol. The minimum absolute atomic E-state index is 0.0344. The maximum absolute atomic E-state index is 11.8. The molecule has 1 fully saturated rings. The topological polar surface area (TPSA) is 57.6 Å². The van der Waals surface area contributed by atoms with E-state index in [9.17, 15) is 9.59 Å². The predicted octanol–water partition coefficient (Wildman–Crippen LogP) is 1.77. The minimum atomic E-state index is -0.800. The van der Waals surface area contributed by atoms with Crippen LogP contribution in [0.5, 0.6) is 0 Å². The first-order chi connectivity index (χ1) is 8.16. The van der Waals surface area contributed by atoms with E-state index in [0.29, 0.717) is 25.3 Å². The quantitative estimate of drug-likeness (QED) is 0.848. The highest BCUT2D eigenvalue weighted by Gasteiger charge is 2.30. The molecule has 1 amide bonds. The Bertz CT molecular complexity index is 405. The molecule has 1 aromatic rings. The molecule has 0 aliphatic carbocycles. The second-order valence-electron chi connectivity index (χ2n) is 3.88. The van der Waals surface area contributed by atoms with Crippen molar-refractivity contribution in [1.29, 1.82) is 0 Å². The van der Waals surface area contributed by atoms with Crippen LogP contribution in [0.4, 0.5) is 0 Å². The first-order valence-electron chi connectivity index (χ1n) is 5.33. The fourth-order valence-electron chi connectivity index (χ4n) is 1.76. The summed E-state index contributed by atoms with van der Waals surface area (Å²) < 4.78 is 1.12. The van der Waals surface area contributed by atoms with Gasteiger partial charge in [-0.05, 0) is 17.9 Å². The highest BCUT2D eigenvalue weighted by Crippen LogP contribution is 2.24. The highest BCUT2D eigenvalue weighted by atomic mass is 32.2. The number of nitrogens with zero attached hydrogens (tertiary/aromatic N) is 1. The van der Waals surface area contributed by atoms with Gasteiger partial charge in [0, 0.05) is 13.1 Å². The number of hydrogen-bond donors (Lipinski definition) is 1. The number of likely N-dealkylation sites (tertiary alicyclic amines) is 1. The van der Waals surface area contributed by atoms with Crippen molar-refractivity contribution in [2.45, 2.75) is 10.6 Å². The highest BCUT2D eigenvalue weighted by molar-refractivity contribution is 8.01. The van der Waals surface area contributed by atoms with E-state index in [4.69, 9.17) is 5.11 Å². The number of amides is 1. The van der Waals surface area contributed by atoms with Crippen LogP contribution >= 0.6 is 23.1 Å². The summed E-state index contributed by atoms with van der Waals surface area (Å²) in [5, 5.41) is 10.8. The normalized spacial score (nSPS) is 19.5. The van der Waals surface area contributed by atoms with Crippen molar-refractivity contribution in [3.05, 3.63) is 17.5 Å². The average Bonchev–Trinajstić information content (AvgIpc) is 2.96. The van der Waals surface area contributed by atoms with E-state index in [-0.39, 0.29) is 11.8 Å². The molecule has 0 saturated carbocycles. The molecule has 92 valence electrons. The molecule has 1 aromatic heterocycles. The van der Waals surface area contributed by atoms with Crippen LogP contribution in [0.25, 0.3) is 0 Å². The maximum atomic E-state index is 11.8. The van der Waals surface area contributed by atoms with E-state index < -0.39 is 5.97 Å². The third-order valence-electron chi connectivity index (χ3n) is 2.72. The molecule has 1 atom stereocenters. The van der Waals surface area contributed by atoms with Gasteiger partial charge in [-0.15, -0.1) is 23.1 Å². The van der Waals surface area contributed by atoms with E-state index >= 15 is 0 Å². The maximum Gasteiger partial charge on any atom is 0.308 e. The molecule has 1 aliphatic heterocycles. The Morgan fingerprint density at radius 3 is 3.00 bits per heavy atom. The molecule has 0 aromatic carbocycles. The van der Waals surface area contributed by atoms with E-state index in [1.807, 2.05) is 17.5 Å². The average molecular weight is 271 g/mol. The van der Waals surface area contributed by atoms with Gasteiger partial charge >= 0.3 is 5.97 Å².